The summed E-state index contributed by atoms with van der Waals surface area (Å²) in [5.41, 5.74) is 4.70. The number of amides is 1. The molecule has 2 N–H and O–H groups in total. The number of β-lactam (4-membered cyclic amide) rings is 1. The SMILES string of the molecule is O=C(O)Cc1ccc(-c2ccc(C3C(CCC(O)c4ccc(F)cc4)C(=O)N3c3ccc(F)cc3)cc2)cc1. The van der Waals surface area contributed by atoms with Crippen LogP contribution in [-0.4, -0.2) is 22.1 Å². The van der Waals surface area contributed by atoms with Gasteiger partial charge >= 0.3 is 5.97 Å². The average molecular weight is 528 g/mol. The Kier molecular flexibility index (Phi) is 7.52. The number of aliphatic carboxylic acids is 1. The monoisotopic (exact) mass is 527 g/mol. The molecule has 1 saturated heterocycles. The summed E-state index contributed by atoms with van der Waals surface area (Å²) in [6.45, 7) is 0. The number of hydrogen-bond acceptors (Lipinski definition) is 3. The molecule has 1 amide bonds. The molecule has 3 atom stereocenters. The van der Waals surface area contributed by atoms with Crippen LogP contribution < -0.4 is 4.90 Å². The molecule has 0 spiro atoms. The summed E-state index contributed by atoms with van der Waals surface area (Å²) in [6, 6.07) is 26.4. The van der Waals surface area contributed by atoms with Gasteiger partial charge in [-0.2, -0.15) is 0 Å². The second-order valence-corrected chi connectivity index (χ2v) is 9.77. The van der Waals surface area contributed by atoms with Gasteiger partial charge in [0, 0.05) is 5.69 Å². The van der Waals surface area contributed by atoms with Gasteiger partial charge < -0.3 is 15.1 Å². The maximum atomic E-state index is 13.6. The Morgan fingerprint density at radius 3 is 1.90 bits per heavy atom. The third-order valence-corrected chi connectivity index (χ3v) is 7.22. The van der Waals surface area contributed by atoms with Crippen LogP contribution in [0, 0.1) is 17.6 Å². The lowest BCUT2D eigenvalue weighted by atomic mass is 9.78. The maximum Gasteiger partial charge on any atom is 0.307 e. The second-order valence-electron chi connectivity index (χ2n) is 9.77. The van der Waals surface area contributed by atoms with Crippen molar-refractivity contribution in [2.75, 3.05) is 4.90 Å². The molecule has 1 fully saturated rings. The summed E-state index contributed by atoms with van der Waals surface area (Å²) in [5.74, 6) is -2.13. The van der Waals surface area contributed by atoms with E-state index in [-0.39, 0.29) is 35.9 Å². The molecule has 1 heterocycles. The highest BCUT2D eigenvalue weighted by atomic mass is 19.1. The van der Waals surface area contributed by atoms with E-state index < -0.39 is 12.1 Å². The fourth-order valence-corrected chi connectivity index (χ4v) is 5.15. The van der Waals surface area contributed by atoms with E-state index in [0.717, 1.165) is 22.3 Å². The van der Waals surface area contributed by atoms with Gasteiger partial charge in [-0.1, -0.05) is 60.7 Å². The zero-order chi connectivity index (χ0) is 27.5. The Balaban J connectivity index is 1.37. The number of benzene rings is 4. The van der Waals surface area contributed by atoms with Crippen LogP contribution in [0.25, 0.3) is 11.1 Å². The van der Waals surface area contributed by atoms with Crippen LogP contribution in [-0.2, 0) is 16.0 Å². The molecule has 5 rings (SSSR count). The van der Waals surface area contributed by atoms with Crippen molar-refractivity contribution in [2.24, 2.45) is 5.92 Å². The second kappa shape index (κ2) is 11.2. The van der Waals surface area contributed by atoms with E-state index in [1.807, 2.05) is 36.4 Å². The normalized spacial score (nSPS) is 17.5. The molecule has 3 unspecified atom stereocenters. The number of carboxylic acids is 1. The number of hydrogen-bond donors (Lipinski definition) is 2. The molecule has 39 heavy (non-hydrogen) atoms. The van der Waals surface area contributed by atoms with Gasteiger partial charge in [-0.3, -0.25) is 9.59 Å². The maximum absolute atomic E-state index is 13.6. The van der Waals surface area contributed by atoms with E-state index >= 15 is 0 Å². The predicted molar refractivity (Wildman–Crippen MR) is 144 cm³/mol. The van der Waals surface area contributed by atoms with Crippen LogP contribution in [0.15, 0.2) is 97.1 Å². The molecule has 1 aliphatic rings. The number of rotatable bonds is 9. The standard InChI is InChI=1S/C32H27F2NO4/c33-25-11-9-23(10-12-25)29(36)18-17-28-31(35(32(28)39)27-15-13-26(34)14-16-27)24-7-5-22(6-8-24)21-3-1-20(2-4-21)19-30(37)38/h1-16,28-29,31,36H,17-19H2,(H,37,38). The van der Waals surface area contributed by atoms with Crippen molar-refractivity contribution in [3.8, 4) is 11.1 Å². The summed E-state index contributed by atoms with van der Waals surface area (Å²) < 4.78 is 26.8. The Hall–Kier alpha value is -4.36. The minimum Gasteiger partial charge on any atom is -0.481 e. The van der Waals surface area contributed by atoms with Crippen molar-refractivity contribution in [3.63, 3.8) is 0 Å². The van der Waals surface area contributed by atoms with Crippen molar-refractivity contribution in [3.05, 3.63) is 125 Å². The summed E-state index contributed by atoms with van der Waals surface area (Å²) >= 11 is 0. The number of anilines is 1. The van der Waals surface area contributed by atoms with Crippen molar-refractivity contribution in [1.82, 2.24) is 0 Å². The van der Waals surface area contributed by atoms with Gasteiger partial charge in [-0.25, -0.2) is 8.78 Å². The van der Waals surface area contributed by atoms with E-state index in [0.29, 0.717) is 24.1 Å². The largest absolute Gasteiger partial charge is 0.481 e. The summed E-state index contributed by atoms with van der Waals surface area (Å²) in [6.07, 6.45) is -0.112. The number of aliphatic hydroxyl groups excluding tert-OH is 1. The smallest absolute Gasteiger partial charge is 0.307 e. The fourth-order valence-electron chi connectivity index (χ4n) is 5.15. The van der Waals surface area contributed by atoms with Crippen molar-refractivity contribution >= 4 is 17.6 Å². The van der Waals surface area contributed by atoms with Gasteiger partial charge in [0.15, 0.2) is 0 Å². The molecule has 0 saturated carbocycles. The van der Waals surface area contributed by atoms with Gasteiger partial charge in [0.05, 0.1) is 24.5 Å². The quantitative estimate of drug-likeness (QED) is 0.244. The Bertz CT molecular complexity index is 1450. The number of aliphatic hydroxyl groups is 1. The molecule has 4 aromatic rings. The lowest BCUT2D eigenvalue weighted by Gasteiger charge is -2.48. The van der Waals surface area contributed by atoms with Crippen LogP contribution in [0.1, 0.15) is 41.7 Å². The van der Waals surface area contributed by atoms with E-state index in [1.165, 1.54) is 36.4 Å². The van der Waals surface area contributed by atoms with Crippen LogP contribution in [0.3, 0.4) is 0 Å². The number of halogens is 2. The van der Waals surface area contributed by atoms with E-state index in [4.69, 9.17) is 5.11 Å². The number of carboxylic acid groups (broad SMARTS) is 1. The van der Waals surface area contributed by atoms with Crippen LogP contribution in [0.2, 0.25) is 0 Å². The zero-order valence-corrected chi connectivity index (χ0v) is 21.0. The minimum atomic E-state index is -0.882. The average Bonchev–Trinajstić information content (AvgIpc) is 2.93. The first-order valence-corrected chi connectivity index (χ1v) is 12.7. The molecule has 198 valence electrons. The molecule has 0 aromatic heterocycles. The van der Waals surface area contributed by atoms with E-state index in [9.17, 15) is 23.5 Å². The summed E-state index contributed by atoms with van der Waals surface area (Å²) in [4.78, 5) is 25.9. The highest BCUT2D eigenvalue weighted by Crippen LogP contribution is 2.46. The van der Waals surface area contributed by atoms with E-state index in [1.54, 1.807) is 29.2 Å². The molecule has 5 nitrogen and oxygen atoms in total. The van der Waals surface area contributed by atoms with Gasteiger partial charge in [0.1, 0.15) is 11.6 Å². The van der Waals surface area contributed by atoms with Gasteiger partial charge in [-0.05, 0) is 77.1 Å². The first-order chi connectivity index (χ1) is 18.8. The molecule has 1 aliphatic heterocycles. The molecular weight excluding hydrogens is 500 g/mol. The predicted octanol–water partition coefficient (Wildman–Crippen LogP) is 6.48. The third kappa shape index (κ3) is 5.73. The van der Waals surface area contributed by atoms with Gasteiger partial charge in [0.2, 0.25) is 5.91 Å². The topological polar surface area (TPSA) is 77.8 Å². The molecular formula is C32H27F2NO4. The molecule has 0 aliphatic carbocycles. The molecule has 0 bridgehead atoms. The third-order valence-electron chi connectivity index (χ3n) is 7.22. The van der Waals surface area contributed by atoms with Crippen LogP contribution >= 0.6 is 0 Å². The van der Waals surface area contributed by atoms with Gasteiger partial charge in [0.25, 0.3) is 0 Å². The first kappa shape index (κ1) is 26.3. The van der Waals surface area contributed by atoms with Crippen LogP contribution in [0.4, 0.5) is 14.5 Å². The number of carbonyl (C=O) groups excluding carboxylic acids is 1. The lowest BCUT2D eigenvalue weighted by Crippen LogP contribution is -2.55. The minimum absolute atomic E-state index is 0.0363. The van der Waals surface area contributed by atoms with Gasteiger partial charge in [-0.15, -0.1) is 0 Å². The lowest BCUT2D eigenvalue weighted by molar-refractivity contribution is -0.136. The molecule has 0 radical (unpaired) electrons. The number of carbonyl (C=O) groups is 2. The molecule has 4 aromatic carbocycles. The van der Waals surface area contributed by atoms with Crippen molar-refractivity contribution in [2.45, 2.75) is 31.4 Å². The number of nitrogens with zero attached hydrogens (tertiary/aromatic N) is 1. The zero-order valence-electron chi connectivity index (χ0n) is 21.0. The summed E-state index contributed by atoms with van der Waals surface area (Å²) in [7, 11) is 0. The van der Waals surface area contributed by atoms with Crippen LogP contribution in [0.5, 0.6) is 0 Å². The summed E-state index contributed by atoms with van der Waals surface area (Å²) in [5, 5.41) is 19.6. The van der Waals surface area contributed by atoms with Crippen molar-refractivity contribution in [1.29, 1.82) is 0 Å². The molecule has 7 heteroatoms. The highest BCUT2D eigenvalue weighted by molar-refractivity contribution is 6.03. The van der Waals surface area contributed by atoms with E-state index in [2.05, 4.69) is 0 Å². The highest BCUT2D eigenvalue weighted by Gasteiger charge is 2.48. The first-order valence-electron chi connectivity index (χ1n) is 12.7. The van der Waals surface area contributed by atoms with Crippen molar-refractivity contribution < 1.29 is 28.6 Å². The Morgan fingerprint density at radius 2 is 1.33 bits per heavy atom. The Labute approximate surface area is 225 Å². The fraction of sp³-hybridized carbons (Fsp3) is 0.188. The Morgan fingerprint density at radius 1 is 0.795 bits per heavy atom.